The third kappa shape index (κ3) is 3.55. The number of aryl methyl sites for hydroxylation is 2. The van der Waals surface area contributed by atoms with Crippen molar-refractivity contribution in [3.05, 3.63) is 59.2 Å². The van der Waals surface area contributed by atoms with E-state index >= 15 is 0 Å². The van der Waals surface area contributed by atoms with Crippen molar-refractivity contribution in [2.24, 2.45) is 0 Å². The quantitative estimate of drug-likeness (QED) is 0.819. The molecule has 1 aliphatic carbocycles. The largest absolute Gasteiger partial charge is 0.494 e. The lowest BCUT2D eigenvalue weighted by molar-refractivity contribution is -0.121. The number of ether oxygens (including phenoxy) is 1. The Morgan fingerprint density at radius 2 is 1.76 bits per heavy atom. The lowest BCUT2D eigenvalue weighted by Crippen LogP contribution is -2.38. The van der Waals surface area contributed by atoms with Crippen LogP contribution in [-0.4, -0.2) is 12.5 Å². The van der Waals surface area contributed by atoms with E-state index in [0.29, 0.717) is 6.61 Å². The first-order valence-corrected chi connectivity index (χ1v) is 9.17. The van der Waals surface area contributed by atoms with E-state index in [4.69, 9.17) is 4.74 Å². The summed E-state index contributed by atoms with van der Waals surface area (Å²) in [5.74, 6) is 0.979. The van der Waals surface area contributed by atoms with Crippen LogP contribution in [0.3, 0.4) is 0 Å². The Labute approximate surface area is 150 Å². The molecule has 0 unspecified atom stereocenters. The van der Waals surface area contributed by atoms with Gasteiger partial charge in [-0.25, -0.2) is 0 Å². The number of anilines is 1. The molecule has 1 N–H and O–H groups in total. The number of nitrogens with one attached hydrogen (secondary N) is 1. The van der Waals surface area contributed by atoms with Crippen LogP contribution in [0.15, 0.2) is 42.5 Å². The monoisotopic (exact) mass is 337 g/mol. The van der Waals surface area contributed by atoms with Crippen LogP contribution in [0.1, 0.15) is 49.3 Å². The molecule has 0 saturated heterocycles. The van der Waals surface area contributed by atoms with E-state index in [9.17, 15) is 4.79 Å². The number of amides is 1. The summed E-state index contributed by atoms with van der Waals surface area (Å²) >= 11 is 0. The Morgan fingerprint density at radius 1 is 1.08 bits per heavy atom. The highest BCUT2D eigenvalue weighted by Gasteiger charge is 2.42. The van der Waals surface area contributed by atoms with E-state index < -0.39 is 5.41 Å². The molecule has 25 heavy (non-hydrogen) atoms. The highest BCUT2D eigenvalue weighted by atomic mass is 16.5. The zero-order chi connectivity index (χ0) is 17.9. The molecule has 132 valence electrons. The Bertz CT molecular complexity index is 743. The zero-order valence-electron chi connectivity index (χ0n) is 15.4. The number of hydrogen-bond donors (Lipinski definition) is 1. The van der Waals surface area contributed by atoms with Crippen molar-refractivity contribution < 1.29 is 9.53 Å². The number of carbonyl (C=O) groups excluding carboxylic acids is 1. The predicted molar refractivity (Wildman–Crippen MR) is 102 cm³/mol. The summed E-state index contributed by atoms with van der Waals surface area (Å²) in [6.45, 7) is 6.70. The predicted octanol–water partition coefficient (Wildman–Crippen LogP) is 5.15. The maximum Gasteiger partial charge on any atom is 0.235 e. The molecule has 0 atom stereocenters. The van der Waals surface area contributed by atoms with E-state index in [2.05, 4.69) is 36.5 Å². The normalized spacial score (nSPS) is 15.8. The summed E-state index contributed by atoms with van der Waals surface area (Å²) in [5, 5.41) is 3.15. The van der Waals surface area contributed by atoms with Gasteiger partial charge in [0.1, 0.15) is 5.75 Å². The van der Waals surface area contributed by atoms with Crippen LogP contribution < -0.4 is 10.1 Å². The van der Waals surface area contributed by atoms with Crippen LogP contribution in [0.2, 0.25) is 0 Å². The van der Waals surface area contributed by atoms with Gasteiger partial charge in [0.2, 0.25) is 5.91 Å². The van der Waals surface area contributed by atoms with Gasteiger partial charge in [-0.3, -0.25) is 4.79 Å². The van der Waals surface area contributed by atoms with Crippen LogP contribution in [0.5, 0.6) is 5.75 Å². The third-order valence-corrected chi connectivity index (χ3v) is 5.23. The topological polar surface area (TPSA) is 38.3 Å². The van der Waals surface area contributed by atoms with E-state index in [1.807, 2.05) is 32.0 Å². The Balaban J connectivity index is 1.84. The second-order valence-corrected chi connectivity index (χ2v) is 7.02. The fraction of sp³-hybridized carbons (Fsp3) is 0.409. The highest BCUT2D eigenvalue weighted by Crippen LogP contribution is 2.42. The van der Waals surface area contributed by atoms with Gasteiger partial charge in [0.15, 0.2) is 0 Å². The maximum atomic E-state index is 13.2. The smallest absolute Gasteiger partial charge is 0.235 e. The molecule has 0 aromatic heterocycles. The minimum absolute atomic E-state index is 0.109. The standard InChI is InChI=1S/C22H27NO2/c1-4-25-20-12-11-19(15-17(20)3)23-21(24)22(13-5-6-14-22)18-9-7-16(2)8-10-18/h7-12,15H,4-6,13-14H2,1-3H3,(H,23,24). The number of hydrogen-bond acceptors (Lipinski definition) is 2. The van der Waals surface area contributed by atoms with Crippen LogP contribution in [0, 0.1) is 13.8 Å². The summed E-state index contributed by atoms with van der Waals surface area (Å²) in [4.78, 5) is 13.2. The molecule has 3 heteroatoms. The molecule has 2 aromatic carbocycles. The van der Waals surface area contributed by atoms with E-state index in [-0.39, 0.29) is 5.91 Å². The number of carbonyl (C=O) groups is 1. The molecule has 1 aliphatic rings. The highest BCUT2D eigenvalue weighted by molar-refractivity contribution is 5.99. The average Bonchev–Trinajstić information content (AvgIpc) is 3.09. The molecule has 0 bridgehead atoms. The van der Waals surface area contributed by atoms with Gasteiger partial charge in [-0.2, -0.15) is 0 Å². The van der Waals surface area contributed by atoms with E-state index in [1.54, 1.807) is 0 Å². The lowest BCUT2D eigenvalue weighted by Gasteiger charge is -2.28. The third-order valence-electron chi connectivity index (χ3n) is 5.23. The summed E-state index contributed by atoms with van der Waals surface area (Å²) < 4.78 is 5.58. The molecule has 0 heterocycles. The van der Waals surface area contributed by atoms with Crippen LogP contribution in [0.4, 0.5) is 5.69 Å². The first kappa shape index (κ1) is 17.5. The van der Waals surface area contributed by atoms with Crippen LogP contribution in [0.25, 0.3) is 0 Å². The summed E-state index contributed by atoms with van der Waals surface area (Å²) in [6, 6.07) is 14.3. The van der Waals surface area contributed by atoms with Crippen molar-refractivity contribution in [1.29, 1.82) is 0 Å². The van der Waals surface area contributed by atoms with Crippen molar-refractivity contribution in [1.82, 2.24) is 0 Å². The first-order chi connectivity index (χ1) is 12.0. The van der Waals surface area contributed by atoms with Gasteiger partial charge in [0.25, 0.3) is 0 Å². The Hall–Kier alpha value is -2.29. The molecule has 1 amide bonds. The van der Waals surface area contributed by atoms with Crippen molar-refractivity contribution in [3.8, 4) is 5.75 Å². The maximum absolute atomic E-state index is 13.2. The minimum atomic E-state index is -0.403. The first-order valence-electron chi connectivity index (χ1n) is 9.17. The molecular weight excluding hydrogens is 310 g/mol. The van der Waals surface area contributed by atoms with Gasteiger partial charge in [0, 0.05) is 5.69 Å². The molecular formula is C22H27NO2. The van der Waals surface area contributed by atoms with Gasteiger partial charge in [0.05, 0.1) is 12.0 Å². The minimum Gasteiger partial charge on any atom is -0.494 e. The Morgan fingerprint density at radius 3 is 2.36 bits per heavy atom. The Kier molecular flexibility index (Phi) is 5.12. The second kappa shape index (κ2) is 7.30. The van der Waals surface area contributed by atoms with Gasteiger partial charge in [-0.05, 0) is 62.9 Å². The van der Waals surface area contributed by atoms with Crippen LogP contribution in [-0.2, 0) is 10.2 Å². The molecule has 1 saturated carbocycles. The molecule has 3 nitrogen and oxygen atoms in total. The SMILES string of the molecule is CCOc1ccc(NC(=O)C2(c3ccc(C)cc3)CCCC2)cc1C. The van der Waals surface area contributed by atoms with Crippen molar-refractivity contribution >= 4 is 11.6 Å². The molecule has 0 spiro atoms. The van der Waals surface area contributed by atoms with Crippen LogP contribution >= 0.6 is 0 Å². The lowest BCUT2D eigenvalue weighted by atomic mass is 9.77. The van der Waals surface area contributed by atoms with Gasteiger partial charge in [-0.15, -0.1) is 0 Å². The molecule has 0 radical (unpaired) electrons. The van der Waals surface area contributed by atoms with Crippen molar-refractivity contribution in [2.45, 2.75) is 51.9 Å². The second-order valence-electron chi connectivity index (χ2n) is 7.02. The molecule has 2 aromatic rings. The molecule has 0 aliphatic heterocycles. The summed E-state index contributed by atoms with van der Waals surface area (Å²) in [6.07, 6.45) is 4.03. The van der Waals surface area contributed by atoms with Gasteiger partial charge in [-0.1, -0.05) is 42.7 Å². The average molecular weight is 337 g/mol. The fourth-order valence-corrected chi connectivity index (χ4v) is 3.79. The molecule has 1 fully saturated rings. The van der Waals surface area contributed by atoms with Crippen molar-refractivity contribution in [2.75, 3.05) is 11.9 Å². The summed E-state index contributed by atoms with van der Waals surface area (Å²) in [5.41, 5.74) is 3.83. The number of rotatable bonds is 5. The van der Waals surface area contributed by atoms with E-state index in [1.165, 1.54) is 5.56 Å². The van der Waals surface area contributed by atoms with Crippen molar-refractivity contribution in [3.63, 3.8) is 0 Å². The van der Waals surface area contributed by atoms with E-state index in [0.717, 1.165) is 48.2 Å². The fourth-order valence-electron chi connectivity index (χ4n) is 3.79. The number of benzene rings is 2. The van der Waals surface area contributed by atoms with Gasteiger partial charge >= 0.3 is 0 Å². The van der Waals surface area contributed by atoms with Gasteiger partial charge < -0.3 is 10.1 Å². The molecule has 3 rings (SSSR count). The summed E-state index contributed by atoms with van der Waals surface area (Å²) in [7, 11) is 0. The zero-order valence-corrected chi connectivity index (χ0v) is 15.4.